The second-order valence-electron chi connectivity index (χ2n) is 6.25. The van der Waals surface area contributed by atoms with Crippen molar-refractivity contribution in [3.8, 4) is 0 Å². The lowest BCUT2D eigenvalue weighted by Crippen LogP contribution is -2.46. The Morgan fingerprint density at radius 2 is 1.74 bits per heavy atom. The van der Waals surface area contributed by atoms with Crippen LogP contribution in [0.3, 0.4) is 0 Å². The summed E-state index contributed by atoms with van der Waals surface area (Å²) in [6.45, 7) is 7.46. The van der Waals surface area contributed by atoms with Crippen molar-refractivity contribution in [2.45, 2.75) is 13.5 Å². The normalized spacial score (nSPS) is 16.1. The summed E-state index contributed by atoms with van der Waals surface area (Å²) in [7, 11) is 0. The Morgan fingerprint density at radius 1 is 0.957 bits per heavy atom. The monoisotopic (exact) mass is 306 g/mol. The molecule has 3 aromatic rings. The van der Waals surface area contributed by atoms with Crippen LogP contribution in [0, 0.1) is 6.92 Å². The van der Waals surface area contributed by atoms with Gasteiger partial charge in [0.2, 0.25) is 0 Å². The molecule has 1 aliphatic rings. The number of benzene rings is 1. The number of anilines is 1. The molecule has 0 amide bonds. The smallest absolute Gasteiger partial charge is 0.137 e. The third-order valence-electron chi connectivity index (χ3n) is 4.63. The third-order valence-corrected chi connectivity index (χ3v) is 4.63. The van der Waals surface area contributed by atoms with Gasteiger partial charge in [-0.15, -0.1) is 0 Å². The lowest BCUT2D eigenvalue weighted by molar-refractivity contribution is 0.247. The largest absolute Gasteiger partial charge is 0.369 e. The molecule has 0 unspecified atom stereocenters. The molecule has 1 saturated heterocycles. The molecule has 0 spiro atoms. The van der Waals surface area contributed by atoms with Crippen LogP contribution in [0.1, 0.15) is 11.3 Å². The predicted octanol–water partition coefficient (Wildman–Crippen LogP) is 2.96. The van der Waals surface area contributed by atoms with E-state index in [-0.39, 0.29) is 0 Å². The number of para-hydroxylation sites is 1. The summed E-state index contributed by atoms with van der Waals surface area (Å²) in [6.07, 6.45) is 4.20. The minimum absolute atomic E-state index is 0.934. The molecule has 4 nitrogen and oxygen atoms in total. The Bertz CT molecular complexity index is 767. The summed E-state index contributed by atoms with van der Waals surface area (Å²) in [5, 5.41) is 0. The SMILES string of the molecule is Cc1ccccc1N1CCN(Cc2cn3ccccc3n2)CC1. The molecular formula is C19H22N4. The minimum atomic E-state index is 0.934. The first-order chi connectivity index (χ1) is 11.3. The number of aromatic nitrogens is 2. The number of rotatable bonds is 3. The van der Waals surface area contributed by atoms with Crippen LogP contribution in [0.2, 0.25) is 0 Å². The molecule has 23 heavy (non-hydrogen) atoms. The average molecular weight is 306 g/mol. The van der Waals surface area contributed by atoms with Crippen molar-refractivity contribution in [2.24, 2.45) is 0 Å². The molecule has 4 rings (SSSR count). The van der Waals surface area contributed by atoms with Crippen molar-refractivity contribution in [1.29, 1.82) is 0 Å². The summed E-state index contributed by atoms with van der Waals surface area (Å²) >= 11 is 0. The number of hydrogen-bond acceptors (Lipinski definition) is 3. The molecule has 0 aliphatic carbocycles. The molecule has 1 aliphatic heterocycles. The van der Waals surface area contributed by atoms with E-state index in [4.69, 9.17) is 4.98 Å². The molecule has 0 bridgehead atoms. The van der Waals surface area contributed by atoms with E-state index < -0.39 is 0 Å². The highest BCUT2D eigenvalue weighted by Gasteiger charge is 2.19. The molecular weight excluding hydrogens is 284 g/mol. The molecule has 0 N–H and O–H groups in total. The zero-order valence-electron chi connectivity index (χ0n) is 13.5. The average Bonchev–Trinajstić information content (AvgIpc) is 2.98. The molecule has 4 heteroatoms. The van der Waals surface area contributed by atoms with Gasteiger partial charge in [-0.25, -0.2) is 4.98 Å². The maximum absolute atomic E-state index is 4.71. The number of fused-ring (bicyclic) bond motifs is 1. The first kappa shape index (κ1) is 14.3. The van der Waals surface area contributed by atoms with Gasteiger partial charge in [-0.3, -0.25) is 4.90 Å². The van der Waals surface area contributed by atoms with E-state index in [0.717, 1.165) is 44.1 Å². The lowest BCUT2D eigenvalue weighted by Gasteiger charge is -2.36. The van der Waals surface area contributed by atoms with Crippen molar-refractivity contribution in [1.82, 2.24) is 14.3 Å². The van der Waals surface area contributed by atoms with Crippen molar-refractivity contribution < 1.29 is 0 Å². The second-order valence-corrected chi connectivity index (χ2v) is 6.25. The van der Waals surface area contributed by atoms with Gasteiger partial charge in [-0.05, 0) is 30.7 Å². The molecule has 1 aromatic carbocycles. The summed E-state index contributed by atoms with van der Waals surface area (Å²) in [6, 6.07) is 14.8. The van der Waals surface area contributed by atoms with Crippen LogP contribution >= 0.6 is 0 Å². The zero-order valence-corrected chi connectivity index (χ0v) is 13.5. The van der Waals surface area contributed by atoms with E-state index in [2.05, 4.69) is 63.8 Å². The van der Waals surface area contributed by atoms with Gasteiger partial charge >= 0.3 is 0 Å². The molecule has 3 heterocycles. The van der Waals surface area contributed by atoms with E-state index >= 15 is 0 Å². The number of aryl methyl sites for hydroxylation is 1. The first-order valence-corrected chi connectivity index (χ1v) is 8.25. The third kappa shape index (κ3) is 2.94. The van der Waals surface area contributed by atoms with Crippen LogP contribution in [-0.4, -0.2) is 40.5 Å². The van der Waals surface area contributed by atoms with E-state index in [1.807, 2.05) is 12.1 Å². The van der Waals surface area contributed by atoms with Gasteiger partial charge in [0.25, 0.3) is 0 Å². The van der Waals surface area contributed by atoms with Crippen molar-refractivity contribution in [3.05, 3.63) is 66.1 Å². The molecule has 0 saturated carbocycles. The predicted molar refractivity (Wildman–Crippen MR) is 93.9 cm³/mol. The quantitative estimate of drug-likeness (QED) is 0.743. The Labute approximate surface area is 137 Å². The fourth-order valence-electron chi connectivity index (χ4n) is 3.36. The van der Waals surface area contributed by atoms with E-state index in [0.29, 0.717) is 0 Å². The van der Waals surface area contributed by atoms with Gasteiger partial charge in [-0.2, -0.15) is 0 Å². The van der Waals surface area contributed by atoms with E-state index in [1.54, 1.807) is 0 Å². The molecule has 1 fully saturated rings. The molecule has 0 atom stereocenters. The van der Waals surface area contributed by atoms with Crippen molar-refractivity contribution >= 4 is 11.3 Å². The molecule has 118 valence electrons. The topological polar surface area (TPSA) is 23.8 Å². The highest BCUT2D eigenvalue weighted by Crippen LogP contribution is 2.21. The van der Waals surface area contributed by atoms with Gasteiger partial charge in [0.15, 0.2) is 0 Å². The minimum Gasteiger partial charge on any atom is -0.369 e. The lowest BCUT2D eigenvalue weighted by atomic mass is 10.1. The van der Waals surface area contributed by atoms with E-state index in [1.165, 1.54) is 11.3 Å². The first-order valence-electron chi connectivity index (χ1n) is 8.25. The Hall–Kier alpha value is -2.33. The maximum Gasteiger partial charge on any atom is 0.137 e. The Kier molecular flexibility index (Phi) is 3.75. The van der Waals surface area contributed by atoms with Gasteiger partial charge in [0, 0.05) is 50.8 Å². The Balaban J connectivity index is 1.41. The summed E-state index contributed by atoms with van der Waals surface area (Å²) in [5.74, 6) is 0. The van der Waals surface area contributed by atoms with Crippen LogP contribution in [0.25, 0.3) is 5.65 Å². The van der Waals surface area contributed by atoms with Crippen LogP contribution in [0.4, 0.5) is 5.69 Å². The van der Waals surface area contributed by atoms with Gasteiger partial charge in [-0.1, -0.05) is 24.3 Å². The van der Waals surface area contributed by atoms with Crippen molar-refractivity contribution in [2.75, 3.05) is 31.1 Å². The van der Waals surface area contributed by atoms with Crippen LogP contribution < -0.4 is 4.90 Å². The van der Waals surface area contributed by atoms with Gasteiger partial charge in [0.05, 0.1) is 5.69 Å². The second kappa shape index (κ2) is 6.05. The standard InChI is InChI=1S/C19H22N4/c1-16-6-2-3-7-18(16)22-12-10-21(11-13-22)14-17-15-23-9-5-4-8-19(23)20-17/h2-9,15H,10-14H2,1H3. The zero-order chi connectivity index (χ0) is 15.6. The maximum atomic E-state index is 4.71. The van der Waals surface area contributed by atoms with Crippen molar-refractivity contribution in [3.63, 3.8) is 0 Å². The highest BCUT2D eigenvalue weighted by atomic mass is 15.3. The fourth-order valence-corrected chi connectivity index (χ4v) is 3.36. The molecule has 0 radical (unpaired) electrons. The summed E-state index contributed by atoms with van der Waals surface area (Å²) in [4.78, 5) is 9.70. The number of imidazole rings is 1. The van der Waals surface area contributed by atoms with Crippen LogP contribution in [0.5, 0.6) is 0 Å². The van der Waals surface area contributed by atoms with Crippen LogP contribution in [-0.2, 0) is 6.54 Å². The summed E-state index contributed by atoms with van der Waals surface area (Å²) < 4.78 is 2.10. The van der Waals surface area contributed by atoms with Gasteiger partial charge in [0.1, 0.15) is 5.65 Å². The van der Waals surface area contributed by atoms with Gasteiger partial charge < -0.3 is 9.30 Å². The number of piperazine rings is 1. The van der Waals surface area contributed by atoms with E-state index in [9.17, 15) is 0 Å². The molecule has 2 aromatic heterocycles. The van der Waals surface area contributed by atoms with Crippen LogP contribution in [0.15, 0.2) is 54.9 Å². The number of hydrogen-bond donors (Lipinski definition) is 0. The summed E-state index contributed by atoms with van der Waals surface area (Å²) in [5.41, 5.74) is 4.92. The number of pyridine rings is 1. The number of nitrogens with zero attached hydrogens (tertiary/aromatic N) is 4. The fraction of sp³-hybridized carbons (Fsp3) is 0.316. The highest BCUT2D eigenvalue weighted by molar-refractivity contribution is 5.53. The Morgan fingerprint density at radius 3 is 2.52 bits per heavy atom.